The topological polar surface area (TPSA) is 19.9 Å². The Balaban J connectivity index is 2.51. The van der Waals surface area contributed by atoms with E-state index in [2.05, 4.69) is 6.58 Å². The zero-order chi connectivity index (χ0) is 8.81. The lowest BCUT2D eigenvalue weighted by molar-refractivity contribution is 0.349. The first-order chi connectivity index (χ1) is 5.84. The molecule has 0 atom stereocenters. The molecule has 1 nitrogen and oxygen atoms in total. The summed E-state index contributed by atoms with van der Waals surface area (Å²) in [5, 5.41) is 11.2. The summed E-state index contributed by atoms with van der Waals surface area (Å²) in [4.78, 5) is 0. The standard InChI is InChI=1S/C11H13O/c1-2-3-4-7-10-8-5-6-9-11(10)12/h2,5-6,8-9H,1,3-4,7H2. The lowest BCUT2D eigenvalue weighted by Gasteiger charge is -1.99. The molecule has 1 radical (unpaired) electrons. The molecular formula is C11H13O. The average molecular weight is 161 g/mol. The third-order valence-corrected chi connectivity index (χ3v) is 1.83. The second kappa shape index (κ2) is 4.60. The van der Waals surface area contributed by atoms with Gasteiger partial charge in [-0.25, -0.2) is 0 Å². The van der Waals surface area contributed by atoms with Gasteiger partial charge in [0.2, 0.25) is 0 Å². The predicted molar refractivity (Wildman–Crippen MR) is 49.7 cm³/mol. The number of hydrogen-bond donors (Lipinski definition) is 0. The number of unbranched alkanes of at least 4 members (excludes halogenated alkanes) is 1. The number of hydrogen-bond acceptors (Lipinski definition) is 0. The van der Waals surface area contributed by atoms with Gasteiger partial charge in [-0.05, 0) is 30.9 Å². The van der Waals surface area contributed by atoms with E-state index < -0.39 is 0 Å². The van der Waals surface area contributed by atoms with Crippen molar-refractivity contribution < 1.29 is 5.11 Å². The van der Waals surface area contributed by atoms with Crippen molar-refractivity contribution in [3.8, 4) is 5.75 Å². The Morgan fingerprint density at radius 2 is 2.08 bits per heavy atom. The number of aryl methyl sites for hydroxylation is 1. The molecule has 0 bridgehead atoms. The van der Waals surface area contributed by atoms with Gasteiger partial charge in [0.05, 0.1) is 0 Å². The minimum atomic E-state index is 0.154. The zero-order valence-electron chi connectivity index (χ0n) is 7.12. The summed E-state index contributed by atoms with van der Waals surface area (Å²) < 4.78 is 0. The van der Waals surface area contributed by atoms with Gasteiger partial charge in [-0.1, -0.05) is 24.3 Å². The lowest BCUT2D eigenvalue weighted by atomic mass is 10.1. The van der Waals surface area contributed by atoms with E-state index in [1.165, 1.54) is 0 Å². The Morgan fingerprint density at radius 3 is 2.75 bits per heavy atom. The van der Waals surface area contributed by atoms with E-state index in [1.54, 1.807) is 12.1 Å². The van der Waals surface area contributed by atoms with Crippen molar-refractivity contribution in [2.45, 2.75) is 19.3 Å². The van der Waals surface area contributed by atoms with Crippen molar-refractivity contribution in [2.24, 2.45) is 0 Å². The first kappa shape index (κ1) is 8.85. The van der Waals surface area contributed by atoms with E-state index in [0.29, 0.717) is 0 Å². The maximum absolute atomic E-state index is 11.2. The van der Waals surface area contributed by atoms with Gasteiger partial charge in [-0.3, -0.25) is 5.11 Å². The van der Waals surface area contributed by atoms with E-state index in [0.717, 1.165) is 24.8 Å². The lowest BCUT2D eigenvalue weighted by Crippen LogP contribution is -1.83. The molecule has 0 heterocycles. The molecule has 1 aromatic rings. The summed E-state index contributed by atoms with van der Waals surface area (Å²) in [5.74, 6) is 0.154. The van der Waals surface area contributed by atoms with Crippen LogP contribution in [-0.2, 0) is 11.5 Å². The van der Waals surface area contributed by atoms with Crippen molar-refractivity contribution in [1.29, 1.82) is 0 Å². The van der Waals surface area contributed by atoms with Crippen LogP contribution in [0.3, 0.4) is 0 Å². The molecule has 1 rings (SSSR count). The minimum absolute atomic E-state index is 0.154. The van der Waals surface area contributed by atoms with Gasteiger partial charge in [0.15, 0.2) is 5.75 Å². The fourth-order valence-electron chi connectivity index (χ4n) is 1.15. The average Bonchev–Trinajstić information content (AvgIpc) is 2.09. The molecule has 0 aliphatic carbocycles. The molecule has 0 amide bonds. The Kier molecular flexibility index (Phi) is 3.39. The summed E-state index contributed by atoms with van der Waals surface area (Å²) >= 11 is 0. The molecule has 0 aliphatic rings. The van der Waals surface area contributed by atoms with Gasteiger partial charge in [0, 0.05) is 0 Å². The molecule has 0 aromatic heterocycles. The highest BCUT2D eigenvalue weighted by molar-refractivity contribution is 5.31. The van der Waals surface area contributed by atoms with Gasteiger partial charge in [-0.15, -0.1) is 6.58 Å². The highest BCUT2D eigenvalue weighted by atomic mass is 16.3. The van der Waals surface area contributed by atoms with E-state index in [1.807, 2.05) is 18.2 Å². The van der Waals surface area contributed by atoms with Crippen molar-refractivity contribution >= 4 is 0 Å². The first-order valence-electron chi connectivity index (χ1n) is 4.20. The molecular weight excluding hydrogens is 148 g/mol. The monoisotopic (exact) mass is 161 g/mol. The zero-order valence-corrected chi connectivity index (χ0v) is 7.12. The Hall–Kier alpha value is -1.24. The quantitative estimate of drug-likeness (QED) is 0.476. The summed E-state index contributed by atoms with van der Waals surface area (Å²) in [6.45, 7) is 3.64. The second-order valence-corrected chi connectivity index (χ2v) is 2.79. The van der Waals surface area contributed by atoms with Crippen LogP contribution in [0.2, 0.25) is 0 Å². The molecule has 12 heavy (non-hydrogen) atoms. The second-order valence-electron chi connectivity index (χ2n) is 2.79. The maximum Gasteiger partial charge on any atom is 0.181 e. The summed E-state index contributed by atoms with van der Waals surface area (Å²) in [5.41, 5.74) is 0.916. The van der Waals surface area contributed by atoms with Crippen LogP contribution in [0.1, 0.15) is 18.4 Å². The van der Waals surface area contributed by atoms with Crippen LogP contribution >= 0.6 is 0 Å². The van der Waals surface area contributed by atoms with Crippen molar-refractivity contribution in [1.82, 2.24) is 0 Å². The number of rotatable bonds is 4. The molecule has 0 saturated heterocycles. The number of para-hydroxylation sites is 1. The summed E-state index contributed by atoms with van der Waals surface area (Å²) in [6.07, 6.45) is 4.75. The normalized spacial score (nSPS) is 9.67. The van der Waals surface area contributed by atoms with Crippen molar-refractivity contribution in [2.75, 3.05) is 0 Å². The van der Waals surface area contributed by atoms with Crippen LogP contribution in [0.4, 0.5) is 0 Å². The molecule has 0 saturated carbocycles. The SMILES string of the molecule is C=CCCCc1ccccc1[O]. The summed E-state index contributed by atoms with van der Waals surface area (Å²) in [6, 6.07) is 7.19. The molecule has 63 valence electrons. The largest absolute Gasteiger partial charge is 0.290 e. The smallest absolute Gasteiger partial charge is 0.181 e. The third-order valence-electron chi connectivity index (χ3n) is 1.83. The van der Waals surface area contributed by atoms with Crippen LogP contribution in [0, 0.1) is 0 Å². The van der Waals surface area contributed by atoms with E-state index in [-0.39, 0.29) is 5.75 Å². The minimum Gasteiger partial charge on any atom is -0.290 e. The van der Waals surface area contributed by atoms with Crippen LogP contribution in [0.15, 0.2) is 36.9 Å². The number of allylic oxidation sites excluding steroid dienone is 1. The molecule has 0 spiro atoms. The number of benzene rings is 1. The third kappa shape index (κ3) is 2.42. The van der Waals surface area contributed by atoms with Crippen LogP contribution in [0.5, 0.6) is 5.75 Å². The Bertz CT molecular complexity index is 253. The Morgan fingerprint density at radius 1 is 1.33 bits per heavy atom. The molecule has 0 N–H and O–H groups in total. The van der Waals surface area contributed by atoms with Crippen LogP contribution < -0.4 is 0 Å². The highest BCUT2D eigenvalue weighted by Crippen LogP contribution is 2.18. The molecule has 1 aromatic carbocycles. The van der Waals surface area contributed by atoms with Gasteiger partial charge in [-0.2, -0.15) is 0 Å². The van der Waals surface area contributed by atoms with E-state index >= 15 is 0 Å². The van der Waals surface area contributed by atoms with Gasteiger partial charge < -0.3 is 0 Å². The summed E-state index contributed by atoms with van der Waals surface area (Å²) in [7, 11) is 0. The van der Waals surface area contributed by atoms with Gasteiger partial charge >= 0.3 is 0 Å². The van der Waals surface area contributed by atoms with Crippen LogP contribution in [0.25, 0.3) is 0 Å². The molecule has 1 heteroatoms. The predicted octanol–water partition coefficient (Wildman–Crippen LogP) is 3.34. The van der Waals surface area contributed by atoms with Gasteiger partial charge in [0.1, 0.15) is 0 Å². The molecule has 0 fully saturated rings. The van der Waals surface area contributed by atoms with Crippen molar-refractivity contribution in [3.63, 3.8) is 0 Å². The first-order valence-corrected chi connectivity index (χ1v) is 4.20. The molecule has 0 unspecified atom stereocenters. The van der Waals surface area contributed by atoms with Crippen LogP contribution in [-0.4, -0.2) is 0 Å². The van der Waals surface area contributed by atoms with Gasteiger partial charge in [0.25, 0.3) is 0 Å². The Labute approximate surface area is 73.4 Å². The van der Waals surface area contributed by atoms with E-state index in [9.17, 15) is 5.11 Å². The van der Waals surface area contributed by atoms with Crippen molar-refractivity contribution in [3.05, 3.63) is 42.5 Å². The highest BCUT2D eigenvalue weighted by Gasteiger charge is 1.99. The fourth-order valence-corrected chi connectivity index (χ4v) is 1.15. The van der Waals surface area contributed by atoms with E-state index in [4.69, 9.17) is 0 Å². The fraction of sp³-hybridized carbons (Fsp3) is 0.273. The maximum atomic E-state index is 11.2. The molecule has 0 aliphatic heterocycles.